The van der Waals surface area contributed by atoms with E-state index in [2.05, 4.69) is 6.92 Å². The van der Waals surface area contributed by atoms with E-state index in [1.807, 2.05) is 26.0 Å². The van der Waals surface area contributed by atoms with Gasteiger partial charge in [-0.2, -0.15) is 0 Å². The Hall–Kier alpha value is -0.380. The standard InChI is InChI=1S/C12H22O3/c1-4-5-6-10(13)7-8-11-9-14-12(2,3)15-11/h7-8,10-11,13H,4-6,9H2,1-3H3/b8-7+/t10-,11-/m0/s1. The van der Waals surface area contributed by atoms with Crippen LogP contribution in [0.25, 0.3) is 0 Å². The van der Waals surface area contributed by atoms with E-state index in [4.69, 9.17) is 9.47 Å². The van der Waals surface area contributed by atoms with Gasteiger partial charge in [-0.15, -0.1) is 0 Å². The highest BCUT2D eigenvalue weighted by Crippen LogP contribution is 2.22. The Bertz CT molecular complexity index is 211. The van der Waals surface area contributed by atoms with E-state index < -0.39 is 5.79 Å². The molecule has 0 radical (unpaired) electrons. The van der Waals surface area contributed by atoms with E-state index in [9.17, 15) is 5.11 Å². The molecule has 88 valence electrons. The zero-order valence-corrected chi connectivity index (χ0v) is 9.90. The van der Waals surface area contributed by atoms with Crippen LogP contribution in [0, 0.1) is 0 Å². The van der Waals surface area contributed by atoms with Crippen LogP contribution in [0.3, 0.4) is 0 Å². The maximum atomic E-state index is 9.59. The zero-order valence-electron chi connectivity index (χ0n) is 9.90. The minimum Gasteiger partial charge on any atom is -0.389 e. The Balaban J connectivity index is 2.26. The van der Waals surface area contributed by atoms with Crippen LogP contribution in [0.1, 0.15) is 40.0 Å². The van der Waals surface area contributed by atoms with Gasteiger partial charge >= 0.3 is 0 Å². The van der Waals surface area contributed by atoms with Crippen molar-refractivity contribution in [3.05, 3.63) is 12.2 Å². The lowest BCUT2D eigenvalue weighted by molar-refractivity contribution is -0.133. The molecule has 0 aromatic heterocycles. The number of hydrogen-bond acceptors (Lipinski definition) is 3. The summed E-state index contributed by atoms with van der Waals surface area (Å²) in [5.41, 5.74) is 0. The number of unbranched alkanes of at least 4 members (excludes halogenated alkanes) is 1. The molecule has 1 fully saturated rings. The van der Waals surface area contributed by atoms with Crippen LogP contribution >= 0.6 is 0 Å². The van der Waals surface area contributed by atoms with E-state index in [1.54, 1.807) is 0 Å². The molecular weight excluding hydrogens is 192 g/mol. The van der Waals surface area contributed by atoms with Crippen molar-refractivity contribution >= 4 is 0 Å². The number of ether oxygens (including phenoxy) is 2. The molecule has 0 saturated carbocycles. The summed E-state index contributed by atoms with van der Waals surface area (Å²) < 4.78 is 11.0. The van der Waals surface area contributed by atoms with Gasteiger partial charge in [-0.3, -0.25) is 0 Å². The van der Waals surface area contributed by atoms with Crippen molar-refractivity contribution < 1.29 is 14.6 Å². The average Bonchev–Trinajstić information content (AvgIpc) is 2.52. The van der Waals surface area contributed by atoms with Crippen molar-refractivity contribution in [1.29, 1.82) is 0 Å². The SMILES string of the molecule is CCCC[C@H](O)/C=C/[C@H]1COC(C)(C)O1. The average molecular weight is 214 g/mol. The van der Waals surface area contributed by atoms with Gasteiger partial charge in [0.2, 0.25) is 0 Å². The fourth-order valence-electron chi connectivity index (χ4n) is 1.57. The van der Waals surface area contributed by atoms with Gasteiger partial charge in [-0.05, 0) is 20.3 Å². The molecule has 1 aliphatic rings. The second kappa shape index (κ2) is 5.64. The lowest BCUT2D eigenvalue weighted by Crippen LogP contribution is -2.20. The Kier molecular flexibility index (Phi) is 4.77. The van der Waals surface area contributed by atoms with Crippen molar-refractivity contribution in [2.45, 2.75) is 58.0 Å². The van der Waals surface area contributed by atoms with Crippen LogP contribution < -0.4 is 0 Å². The van der Waals surface area contributed by atoms with Crippen LogP contribution in [0.2, 0.25) is 0 Å². The van der Waals surface area contributed by atoms with E-state index in [0.29, 0.717) is 6.61 Å². The first-order valence-electron chi connectivity index (χ1n) is 5.71. The van der Waals surface area contributed by atoms with Crippen LogP contribution in [0.5, 0.6) is 0 Å². The van der Waals surface area contributed by atoms with Crippen molar-refractivity contribution in [2.75, 3.05) is 6.61 Å². The Labute approximate surface area is 92.1 Å². The van der Waals surface area contributed by atoms with Crippen molar-refractivity contribution in [1.82, 2.24) is 0 Å². The van der Waals surface area contributed by atoms with Gasteiger partial charge in [0.05, 0.1) is 12.7 Å². The smallest absolute Gasteiger partial charge is 0.163 e. The largest absolute Gasteiger partial charge is 0.389 e. The first-order chi connectivity index (χ1) is 7.03. The number of rotatable bonds is 5. The summed E-state index contributed by atoms with van der Waals surface area (Å²) in [4.78, 5) is 0. The summed E-state index contributed by atoms with van der Waals surface area (Å²) in [5.74, 6) is -0.483. The number of aliphatic hydroxyl groups is 1. The second-order valence-corrected chi connectivity index (χ2v) is 4.46. The van der Waals surface area contributed by atoms with E-state index in [-0.39, 0.29) is 12.2 Å². The number of hydrogen-bond donors (Lipinski definition) is 1. The second-order valence-electron chi connectivity index (χ2n) is 4.46. The van der Waals surface area contributed by atoms with Gasteiger partial charge in [0, 0.05) is 0 Å². The quantitative estimate of drug-likeness (QED) is 0.713. The van der Waals surface area contributed by atoms with Crippen LogP contribution in [0.4, 0.5) is 0 Å². The number of aliphatic hydroxyl groups excluding tert-OH is 1. The minimum absolute atomic E-state index is 0.0173. The normalized spacial score (nSPS) is 27.3. The fraction of sp³-hybridized carbons (Fsp3) is 0.833. The van der Waals surface area contributed by atoms with Crippen LogP contribution in [-0.4, -0.2) is 29.7 Å². The molecule has 0 unspecified atom stereocenters. The molecule has 0 aromatic carbocycles. The molecule has 0 bridgehead atoms. The first-order valence-corrected chi connectivity index (χ1v) is 5.71. The molecule has 2 atom stereocenters. The molecule has 1 aliphatic heterocycles. The predicted molar refractivity (Wildman–Crippen MR) is 59.6 cm³/mol. The van der Waals surface area contributed by atoms with Crippen molar-refractivity contribution in [2.24, 2.45) is 0 Å². The molecule has 1 saturated heterocycles. The maximum absolute atomic E-state index is 9.59. The summed E-state index contributed by atoms with van der Waals surface area (Å²) in [7, 11) is 0. The third kappa shape index (κ3) is 4.78. The highest BCUT2D eigenvalue weighted by atomic mass is 16.7. The molecule has 1 heterocycles. The lowest BCUT2D eigenvalue weighted by atomic mass is 10.1. The fourth-order valence-corrected chi connectivity index (χ4v) is 1.57. The Morgan fingerprint density at radius 3 is 2.80 bits per heavy atom. The molecule has 0 aliphatic carbocycles. The molecule has 1 N–H and O–H groups in total. The topological polar surface area (TPSA) is 38.7 Å². The lowest BCUT2D eigenvalue weighted by Gasteiger charge is -2.15. The molecule has 3 nitrogen and oxygen atoms in total. The Morgan fingerprint density at radius 1 is 1.53 bits per heavy atom. The summed E-state index contributed by atoms with van der Waals surface area (Å²) in [6.07, 6.45) is 6.33. The molecular formula is C12H22O3. The van der Waals surface area contributed by atoms with Crippen molar-refractivity contribution in [3.8, 4) is 0 Å². The summed E-state index contributed by atoms with van der Waals surface area (Å²) in [6, 6.07) is 0. The molecule has 0 spiro atoms. The van der Waals surface area contributed by atoms with E-state index in [0.717, 1.165) is 19.3 Å². The van der Waals surface area contributed by atoms with Crippen molar-refractivity contribution in [3.63, 3.8) is 0 Å². The first kappa shape index (κ1) is 12.7. The van der Waals surface area contributed by atoms with Gasteiger partial charge in [0.25, 0.3) is 0 Å². The van der Waals surface area contributed by atoms with Gasteiger partial charge < -0.3 is 14.6 Å². The summed E-state index contributed by atoms with van der Waals surface area (Å²) in [6.45, 7) is 6.49. The molecule has 0 amide bonds. The minimum atomic E-state index is -0.483. The van der Waals surface area contributed by atoms with E-state index in [1.165, 1.54) is 0 Å². The molecule has 15 heavy (non-hydrogen) atoms. The summed E-state index contributed by atoms with van der Waals surface area (Å²) in [5, 5.41) is 9.59. The maximum Gasteiger partial charge on any atom is 0.163 e. The molecule has 3 heteroatoms. The van der Waals surface area contributed by atoms with Crippen LogP contribution in [0.15, 0.2) is 12.2 Å². The monoisotopic (exact) mass is 214 g/mol. The summed E-state index contributed by atoms with van der Waals surface area (Å²) >= 11 is 0. The van der Waals surface area contributed by atoms with Gasteiger partial charge in [-0.1, -0.05) is 31.9 Å². The third-order valence-electron chi connectivity index (χ3n) is 2.43. The van der Waals surface area contributed by atoms with Gasteiger partial charge in [-0.25, -0.2) is 0 Å². The predicted octanol–water partition coefficient (Wildman–Crippen LogP) is 2.25. The molecule has 0 aromatic rings. The van der Waals surface area contributed by atoms with Gasteiger partial charge in [0.1, 0.15) is 6.10 Å². The molecule has 1 rings (SSSR count). The van der Waals surface area contributed by atoms with Gasteiger partial charge in [0.15, 0.2) is 5.79 Å². The highest BCUT2D eigenvalue weighted by molar-refractivity contribution is 4.96. The van der Waals surface area contributed by atoms with Crippen LogP contribution in [-0.2, 0) is 9.47 Å². The van der Waals surface area contributed by atoms with E-state index >= 15 is 0 Å². The zero-order chi connectivity index (χ0) is 11.3. The highest BCUT2D eigenvalue weighted by Gasteiger charge is 2.30. The third-order valence-corrected chi connectivity index (χ3v) is 2.43. The Morgan fingerprint density at radius 2 is 2.27 bits per heavy atom.